The molecule has 0 heterocycles. The topological polar surface area (TPSA) is 81.3 Å². The summed E-state index contributed by atoms with van der Waals surface area (Å²) in [7, 11) is 0. The molecular weight excluding hydrogens is 128 g/mol. The fourth-order valence-corrected chi connectivity index (χ4v) is 0.714. The molecule has 0 aliphatic rings. The van der Waals surface area contributed by atoms with Crippen LogP contribution in [0.1, 0.15) is 0 Å². The molecule has 0 amide bonds. The smallest absolute Gasteiger partial charge is 0.0296 e. The molecule has 0 unspecified atom stereocenters. The maximum Gasteiger partial charge on any atom is 0.0296 e. The van der Waals surface area contributed by atoms with Crippen LogP contribution in [0.2, 0.25) is 0 Å². The molecule has 0 aromatic carbocycles. The maximum absolute atomic E-state index is 5.33. The molecule has 0 rings (SSSR count). The summed E-state index contributed by atoms with van der Waals surface area (Å²) in [6.45, 7) is 2.88. The van der Waals surface area contributed by atoms with Crippen LogP contribution < -0.4 is 17.2 Å². The summed E-state index contributed by atoms with van der Waals surface area (Å²) in [5.74, 6) is 0. The van der Waals surface area contributed by atoms with E-state index in [0.717, 1.165) is 13.1 Å². The summed E-state index contributed by atoms with van der Waals surface area (Å²) < 4.78 is 0. The zero-order valence-electron chi connectivity index (χ0n) is 6.16. The third-order valence-electron chi connectivity index (χ3n) is 1.13. The molecule has 0 aromatic heterocycles. The SMILES string of the molecule is N/C=C/N(CCN)CCN. The Morgan fingerprint density at radius 2 is 1.60 bits per heavy atom. The van der Waals surface area contributed by atoms with Crippen molar-refractivity contribution in [1.82, 2.24) is 4.90 Å². The predicted molar refractivity (Wildman–Crippen MR) is 43.0 cm³/mol. The van der Waals surface area contributed by atoms with Gasteiger partial charge in [0.15, 0.2) is 0 Å². The Bertz CT molecular complexity index is 85.7. The lowest BCUT2D eigenvalue weighted by molar-refractivity contribution is 0.394. The van der Waals surface area contributed by atoms with Gasteiger partial charge < -0.3 is 22.1 Å². The highest BCUT2D eigenvalue weighted by Gasteiger charge is 1.92. The molecule has 0 aromatic rings. The Kier molecular flexibility index (Phi) is 5.91. The fraction of sp³-hybridized carbons (Fsp3) is 0.667. The molecule has 0 bridgehead atoms. The average Bonchev–Trinajstić information content (AvgIpc) is 1.90. The van der Waals surface area contributed by atoms with E-state index in [2.05, 4.69) is 0 Å². The van der Waals surface area contributed by atoms with E-state index in [1.54, 1.807) is 6.20 Å². The molecule has 6 N–H and O–H groups in total. The molecular formula is C6H16N4. The summed E-state index contributed by atoms with van der Waals surface area (Å²) >= 11 is 0. The summed E-state index contributed by atoms with van der Waals surface area (Å²) in [4.78, 5) is 1.99. The van der Waals surface area contributed by atoms with Gasteiger partial charge in [-0.3, -0.25) is 0 Å². The van der Waals surface area contributed by atoms with E-state index < -0.39 is 0 Å². The van der Waals surface area contributed by atoms with Gasteiger partial charge in [0.1, 0.15) is 0 Å². The number of hydrogen-bond acceptors (Lipinski definition) is 4. The summed E-state index contributed by atoms with van der Waals surface area (Å²) in [6, 6.07) is 0. The Balaban J connectivity index is 3.50. The Hall–Kier alpha value is -0.740. The summed E-state index contributed by atoms with van der Waals surface area (Å²) in [5, 5.41) is 0. The van der Waals surface area contributed by atoms with Crippen molar-refractivity contribution < 1.29 is 0 Å². The van der Waals surface area contributed by atoms with Crippen molar-refractivity contribution in [2.75, 3.05) is 26.2 Å². The standard InChI is InChI=1S/C6H16N4/c7-1-4-10(5-2-8)6-3-9/h1,4H,2-3,5-9H2/b4-1+. The molecule has 0 aliphatic heterocycles. The predicted octanol–water partition coefficient (Wildman–Crippen LogP) is -1.36. The van der Waals surface area contributed by atoms with E-state index >= 15 is 0 Å². The van der Waals surface area contributed by atoms with Crippen LogP contribution in [0.3, 0.4) is 0 Å². The van der Waals surface area contributed by atoms with Crippen LogP contribution in [0.25, 0.3) is 0 Å². The first kappa shape index (κ1) is 9.26. The molecule has 0 aliphatic carbocycles. The van der Waals surface area contributed by atoms with Crippen molar-refractivity contribution in [3.63, 3.8) is 0 Å². The second kappa shape index (κ2) is 6.38. The van der Waals surface area contributed by atoms with Crippen LogP contribution in [0.5, 0.6) is 0 Å². The highest BCUT2D eigenvalue weighted by molar-refractivity contribution is 4.77. The third-order valence-corrected chi connectivity index (χ3v) is 1.13. The van der Waals surface area contributed by atoms with Crippen LogP contribution in [-0.2, 0) is 0 Å². The van der Waals surface area contributed by atoms with E-state index in [4.69, 9.17) is 17.2 Å². The van der Waals surface area contributed by atoms with Gasteiger partial charge in [-0.25, -0.2) is 0 Å². The molecule has 0 fully saturated rings. The van der Waals surface area contributed by atoms with Crippen LogP contribution >= 0.6 is 0 Å². The normalized spacial score (nSPS) is 10.6. The lowest BCUT2D eigenvalue weighted by Gasteiger charge is -2.17. The molecule has 0 atom stereocenters. The van der Waals surface area contributed by atoms with Gasteiger partial charge in [-0.15, -0.1) is 0 Å². The highest BCUT2D eigenvalue weighted by Crippen LogP contribution is 1.84. The van der Waals surface area contributed by atoms with Gasteiger partial charge in [0, 0.05) is 38.6 Å². The molecule has 4 nitrogen and oxygen atoms in total. The van der Waals surface area contributed by atoms with Crippen molar-refractivity contribution in [3.05, 3.63) is 12.4 Å². The van der Waals surface area contributed by atoms with E-state index in [1.165, 1.54) is 6.20 Å². The van der Waals surface area contributed by atoms with E-state index in [9.17, 15) is 0 Å². The summed E-state index contributed by atoms with van der Waals surface area (Å²) in [6.07, 6.45) is 3.28. The number of nitrogens with zero attached hydrogens (tertiary/aromatic N) is 1. The molecule has 0 saturated carbocycles. The minimum atomic E-state index is 0.629. The van der Waals surface area contributed by atoms with Gasteiger partial charge in [-0.1, -0.05) is 0 Å². The lowest BCUT2D eigenvalue weighted by atomic mass is 10.5. The number of nitrogens with two attached hydrogens (primary N) is 3. The third kappa shape index (κ3) is 4.17. The van der Waals surface area contributed by atoms with Gasteiger partial charge >= 0.3 is 0 Å². The van der Waals surface area contributed by atoms with Gasteiger partial charge in [0.25, 0.3) is 0 Å². The quantitative estimate of drug-likeness (QED) is 0.445. The first-order valence-corrected chi connectivity index (χ1v) is 3.37. The van der Waals surface area contributed by atoms with Crippen LogP contribution in [0.15, 0.2) is 12.4 Å². The zero-order valence-corrected chi connectivity index (χ0v) is 6.16. The molecule has 60 valence electrons. The van der Waals surface area contributed by atoms with Gasteiger partial charge in [-0.2, -0.15) is 0 Å². The average molecular weight is 144 g/mol. The van der Waals surface area contributed by atoms with Gasteiger partial charge in [0.2, 0.25) is 0 Å². The van der Waals surface area contributed by atoms with Gasteiger partial charge in [-0.05, 0) is 0 Å². The first-order chi connectivity index (χ1) is 4.85. The molecule has 0 radical (unpaired) electrons. The monoisotopic (exact) mass is 144 g/mol. The molecule has 0 saturated heterocycles. The van der Waals surface area contributed by atoms with Gasteiger partial charge in [0.05, 0.1) is 0 Å². The van der Waals surface area contributed by atoms with E-state index in [-0.39, 0.29) is 0 Å². The van der Waals surface area contributed by atoms with Crippen molar-refractivity contribution in [2.24, 2.45) is 17.2 Å². The molecule has 4 heteroatoms. The van der Waals surface area contributed by atoms with Crippen LogP contribution in [0.4, 0.5) is 0 Å². The van der Waals surface area contributed by atoms with E-state index in [1.807, 2.05) is 4.90 Å². The Morgan fingerprint density at radius 1 is 1.10 bits per heavy atom. The van der Waals surface area contributed by atoms with Crippen molar-refractivity contribution in [1.29, 1.82) is 0 Å². The maximum atomic E-state index is 5.33. The zero-order chi connectivity index (χ0) is 7.82. The number of hydrogen-bond donors (Lipinski definition) is 3. The summed E-state index contributed by atoms with van der Waals surface area (Å²) in [5.41, 5.74) is 15.9. The van der Waals surface area contributed by atoms with Crippen molar-refractivity contribution in [2.45, 2.75) is 0 Å². The fourth-order valence-electron chi connectivity index (χ4n) is 0.714. The Labute approximate surface area is 61.7 Å². The lowest BCUT2D eigenvalue weighted by Crippen LogP contribution is -2.29. The highest BCUT2D eigenvalue weighted by atomic mass is 15.1. The van der Waals surface area contributed by atoms with Crippen LogP contribution in [0, 0.1) is 0 Å². The van der Waals surface area contributed by atoms with Crippen molar-refractivity contribution in [3.8, 4) is 0 Å². The largest absolute Gasteiger partial charge is 0.403 e. The first-order valence-electron chi connectivity index (χ1n) is 3.37. The minimum absolute atomic E-state index is 0.629. The minimum Gasteiger partial charge on any atom is -0.403 e. The van der Waals surface area contributed by atoms with Crippen LogP contribution in [-0.4, -0.2) is 31.1 Å². The second-order valence-corrected chi connectivity index (χ2v) is 1.95. The Morgan fingerprint density at radius 3 is 1.90 bits per heavy atom. The molecule has 0 spiro atoms. The molecule has 10 heavy (non-hydrogen) atoms. The second-order valence-electron chi connectivity index (χ2n) is 1.95. The van der Waals surface area contributed by atoms with E-state index in [0.29, 0.717) is 13.1 Å². The van der Waals surface area contributed by atoms with Crippen molar-refractivity contribution >= 4 is 0 Å². The number of rotatable bonds is 5.